The lowest BCUT2D eigenvalue weighted by Gasteiger charge is -2.05. The van der Waals surface area contributed by atoms with E-state index in [0.29, 0.717) is 26.2 Å². The van der Waals surface area contributed by atoms with E-state index in [4.69, 9.17) is 5.73 Å². The summed E-state index contributed by atoms with van der Waals surface area (Å²) in [5.74, 6) is -1.86. The first kappa shape index (κ1) is 11.8. The van der Waals surface area contributed by atoms with Crippen molar-refractivity contribution >= 4 is 11.8 Å². The van der Waals surface area contributed by atoms with Gasteiger partial charge in [0.05, 0.1) is 0 Å². The van der Waals surface area contributed by atoms with E-state index in [0.717, 1.165) is 0 Å². The van der Waals surface area contributed by atoms with Crippen molar-refractivity contribution in [1.82, 2.24) is 16.2 Å². The standard InChI is InChI=1S/C6H15N5O2/c7-1-2-9-3-4-10-11-6(13)5(8)12/h9-10H,1-4,7H2,(H2,8,12)(H,11,13). The van der Waals surface area contributed by atoms with Crippen LogP contribution in [-0.4, -0.2) is 38.0 Å². The molecule has 7 N–H and O–H groups in total. The molecule has 0 saturated heterocycles. The highest BCUT2D eigenvalue weighted by Gasteiger charge is 2.05. The molecule has 0 radical (unpaired) electrons. The Morgan fingerprint density at radius 1 is 1.15 bits per heavy atom. The van der Waals surface area contributed by atoms with Gasteiger partial charge < -0.3 is 16.8 Å². The lowest BCUT2D eigenvalue weighted by atomic mass is 10.5. The van der Waals surface area contributed by atoms with Gasteiger partial charge in [-0.05, 0) is 0 Å². The number of nitrogens with one attached hydrogen (secondary N) is 3. The fraction of sp³-hybridized carbons (Fsp3) is 0.667. The van der Waals surface area contributed by atoms with Crippen molar-refractivity contribution in [3.05, 3.63) is 0 Å². The third kappa shape index (κ3) is 7.19. The van der Waals surface area contributed by atoms with E-state index in [1.807, 2.05) is 0 Å². The van der Waals surface area contributed by atoms with Gasteiger partial charge in [0.2, 0.25) is 0 Å². The van der Waals surface area contributed by atoms with Crippen LogP contribution in [0.5, 0.6) is 0 Å². The lowest BCUT2D eigenvalue weighted by Crippen LogP contribution is -2.46. The van der Waals surface area contributed by atoms with E-state index in [2.05, 4.69) is 21.9 Å². The number of hydrogen-bond acceptors (Lipinski definition) is 5. The smallest absolute Gasteiger partial charge is 0.323 e. The highest BCUT2D eigenvalue weighted by Crippen LogP contribution is 1.59. The van der Waals surface area contributed by atoms with Gasteiger partial charge in [-0.3, -0.25) is 15.0 Å². The average Bonchev–Trinajstić information content (AvgIpc) is 2.10. The Morgan fingerprint density at radius 2 is 1.85 bits per heavy atom. The summed E-state index contributed by atoms with van der Waals surface area (Å²) in [4.78, 5) is 20.7. The zero-order chi connectivity index (χ0) is 10.1. The molecule has 76 valence electrons. The summed E-state index contributed by atoms with van der Waals surface area (Å²) in [6.07, 6.45) is 0. The lowest BCUT2D eigenvalue weighted by molar-refractivity contribution is -0.137. The van der Waals surface area contributed by atoms with Crippen LogP contribution in [0.1, 0.15) is 0 Å². The molecular weight excluding hydrogens is 174 g/mol. The van der Waals surface area contributed by atoms with Crippen LogP contribution in [0, 0.1) is 0 Å². The molecule has 0 aliphatic carbocycles. The summed E-state index contributed by atoms with van der Waals surface area (Å²) in [7, 11) is 0. The van der Waals surface area contributed by atoms with Crippen molar-refractivity contribution in [2.45, 2.75) is 0 Å². The van der Waals surface area contributed by atoms with Crippen molar-refractivity contribution in [2.75, 3.05) is 26.2 Å². The van der Waals surface area contributed by atoms with E-state index >= 15 is 0 Å². The molecule has 0 rings (SSSR count). The SMILES string of the molecule is NCCNCCNNC(=O)C(N)=O. The Hall–Kier alpha value is -1.18. The van der Waals surface area contributed by atoms with Crippen LogP contribution in [0.2, 0.25) is 0 Å². The maximum absolute atomic E-state index is 10.5. The highest BCUT2D eigenvalue weighted by atomic mass is 16.2. The Kier molecular flexibility index (Phi) is 6.79. The van der Waals surface area contributed by atoms with Gasteiger partial charge in [-0.1, -0.05) is 0 Å². The number of rotatable bonds is 6. The van der Waals surface area contributed by atoms with Crippen molar-refractivity contribution < 1.29 is 9.59 Å². The maximum Gasteiger partial charge on any atom is 0.323 e. The Labute approximate surface area is 76.2 Å². The molecule has 13 heavy (non-hydrogen) atoms. The van der Waals surface area contributed by atoms with Crippen molar-refractivity contribution in [3.8, 4) is 0 Å². The molecular formula is C6H15N5O2. The summed E-state index contributed by atoms with van der Waals surface area (Å²) in [5.41, 5.74) is 14.5. The summed E-state index contributed by atoms with van der Waals surface area (Å²) in [6, 6.07) is 0. The molecule has 0 atom stereocenters. The van der Waals surface area contributed by atoms with E-state index in [1.165, 1.54) is 0 Å². The van der Waals surface area contributed by atoms with Gasteiger partial charge in [-0.2, -0.15) is 0 Å². The molecule has 0 spiro atoms. The molecule has 0 unspecified atom stereocenters. The fourth-order valence-electron chi connectivity index (χ4n) is 0.582. The molecule has 0 fully saturated rings. The molecule has 7 nitrogen and oxygen atoms in total. The second-order valence-corrected chi connectivity index (χ2v) is 2.28. The minimum absolute atomic E-state index is 0.499. The minimum atomic E-state index is -1.01. The van der Waals surface area contributed by atoms with Gasteiger partial charge in [0, 0.05) is 26.2 Å². The van der Waals surface area contributed by atoms with Gasteiger partial charge in [-0.15, -0.1) is 0 Å². The van der Waals surface area contributed by atoms with Crippen LogP contribution in [0.25, 0.3) is 0 Å². The van der Waals surface area contributed by atoms with Gasteiger partial charge in [0.25, 0.3) is 0 Å². The van der Waals surface area contributed by atoms with Crippen molar-refractivity contribution in [2.24, 2.45) is 11.5 Å². The fourth-order valence-corrected chi connectivity index (χ4v) is 0.582. The molecule has 0 saturated carbocycles. The number of carbonyl (C=O) groups excluding carboxylic acids is 2. The van der Waals surface area contributed by atoms with Gasteiger partial charge in [0.15, 0.2) is 0 Å². The first-order chi connectivity index (χ1) is 6.18. The van der Waals surface area contributed by atoms with Crippen LogP contribution in [0.3, 0.4) is 0 Å². The number of nitrogens with two attached hydrogens (primary N) is 2. The Bertz CT molecular complexity index is 172. The molecule has 7 heteroatoms. The Balaban J connectivity index is 3.16. The zero-order valence-electron chi connectivity index (χ0n) is 7.30. The molecule has 0 aliphatic rings. The number of hydrogen-bond donors (Lipinski definition) is 5. The molecule has 0 aromatic heterocycles. The quantitative estimate of drug-likeness (QED) is 0.170. The van der Waals surface area contributed by atoms with Crippen LogP contribution >= 0.6 is 0 Å². The third-order valence-electron chi connectivity index (χ3n) is 1.17. The topological polar surface area (TPSA) is 122 Å². The number of carbonyl (C=O) groups is 2. The molecule has 0 aromatic carbocycles. The summed E-state index contributed by atoms with van der Waals surface area (Å²) < 4.78 is 0. The first-order valence-electron chi connectivity index (χ1n) is 3.92. The van der Waals surface area contributed by atoms with Crippen molar-refractivity contribution in [3.63, 3.8) is 0 Å². The summed E-state index contributed by atoms with van der Waals surface area (Å²) >= 11 is 0. The monoisotopic (exact) mass is 189 g/mol. The number of hydrazine groups is 1. The average molecular weight is 189 g/mol. The summed E-state index contributed by atoms with van der Waals surface area (Å²) in [6.45, 7) is 2.42. The normalized spacial score (nSPS) is 9.62. The van der Waals surface area contributed by atoms with Crippen LogP contribution in [-0.2, 0) is 9.59 Å². The largest absolute Gasteiger partial charge is 0.361 e. The number of primary amides is 1. The molecule has 0 heterocycles. The molecule has 2 amide bonds. The van der Waals surface area contributed by atoms with Gasteiger partial charge in [0.1, 0.15) is 0 Å². The molecule has 0 aliphatic heterocycles. The molecule has 0 bridgehead atoms. The number of amides is 2. The van der Waals surface area contributed by atoms with Gasteiger partial charge >= 0.3 is 11.8 Å². The Morgan fingerprint density at radius 3 is 2.38 bits per heavy atom. The predicted molar refractivity (Wildman–Crippen MR) is 47.3 cm³/mol. The van der Waals surface area contributed by atoms with Gasteiger partial charge in [-0.25, -0.2) is 5.43 Å². The molecule has 0 aromatic rings. The van der Waals surface area contributed by atoms with E-state index in [1.54, 1.807) is 0 Å². The second kappa shape index (κ2) is 7.47. The minimum Gasteiger partial charge on any atom is -0.361 e. The van der Waals surface area contributed by atoms with Crippen LogP contribution < -0.4 is 27.6 Å². The van der Waals surface area contributed by atoms with Crippen LogP contribution in [0.15, 0.2) is 0 Å². The zero-order valence-corrected chi connectivity index (χ0v) is 7.30. The van der Waals surface area contributed by atoms with Crippen LogP contribution in [0.4, 0.5) is 0 Å². The highest BCUT2D eigenvalue weighted by molar-refractivity contribution is 6.34. The van der Waals surface area contributed by atoms with E-state index in [9.17, 15) is 9.59 Å². The third-order valence-corrected chi connectivity index (χ3v) is 1.17. The second-order valence-electron chi connectivity index (χ2n) is 2.28. The van der Waals surface area contributed by atoms with Crippen molar-refractivity contribution in [1.29, 1.82) is 0 Å². The summed E-state index contributed by atoms with van der Waals surface area (Å²) in [5, 5.41) is 2.98. The van der Waals surface area contributed by atoms with E-state index < -0.39 is 11.8 Å². The predicted octanol–water partition coefficient (Wildman–Crippen LogP) is -3.36. The first-order valence-corrected chi connectivity index (χ1v) is 3.92. The maximum atomic E-state index is 10.5. The van der Waals surface area contributed by atoms with E-state index in [-0.39, 0.29) is 0 Å².